The molecule has 0 aliphatic heterocycles. The van der Waals surface area contributed by atoms with Crippen molar-refractivity contribution in [2.75, 3.05) is 54.9 Å². The summed E-state index contributed by atoms with van der Waals surface area (Å²) in [6.45, 7) is 2.06. The summed E-state index contributed by atoms with van der Waals surface area (Å²) < 4.78 is 9.07. The number of likely N-dealkylation sites (N-methyl/N-ethyl adjacent to an activating group) is 3. The molecule has 0 fully saturated rings. The van der Waals surface area contributed by atoms with Gasteiger partial charge in [-0.2, -0.15) is 0 Å². The van der Waals surface area contributed by atoms with Crippen molar-refractivity contribution in [2.24, 2.45) is 0 Å². The molecule has 0 aliphatic rings. The van der Waals surface area contributed by atoms with Crippen LogP contribution < -0.4 is 4.74 Å². The van der Waals surface area contributed by atoms with E-state index in [0.29, 0.717) is 34.9 Å². The van der Waals surface area contributed by atoms with Crippen molar-refractivity contribution in [3.63, 3.8) is 0 Å². The van der Waals surface area contributed by atoms with Crippen molar-refractivity contribution in [2.45, 2.75) is 25.3 Å². The Morgan fingerprint density at radius 3 is 1.94 bits per heavy atom. The number of aromatic hydroxyl groups is 1. The Morgan fingerprint density at radius 2 is 1.43 bits per heavy atom. The minimum absolute atomic E-state index is 0.0444. The van der Waals surface area contributed by atoms with Crippen molar-refractivity contribution in [3.8, 4) is 11.5 Å². The van der Waals surface area contributed by atoms with Gasteiger partial charge in [-0.25, -0.2) is 0 Å². The smallest absolute Gasteiger partial charge is 0.239 e. The fourth-order valence-electron chi connectivity index (χ4n) is 3.54. The number of ether oxygens (including phenoxy) is 1. The minimum Gasteiger partial charge on any atom is -0.506 e. The number of phenolic OH excluding ortho intramolecular Hbond substituents is 1. The van der Waals surface area contributed by atoms with Gasteiger partial charge in [0.05, 0.1) is 30.5 Å². The van der Waals surface area contributed by atoms with Crippen LogP contribution in [0.4, 0.5) is 0 Å². The summed E-state index contributed by atoms with van der Waals surface area (Å²) in [7, 11) is 9.76. The highest BCUT2D eigenvalue weighted by atomic mass is 79.9. The molecular formula is C25H33Br4N3O3. The van der Waals surface area contributed by atoms with E-state index in [2.05, 4.69) is 94.8 Å². The maximum Gasteiger partial charge on any atom is 0.239 e. The first-order valence-corrected chi connectivity index (χ1v) is 14.4. The van der Waals surface area contributed by atoms with E-state index in [0.717, 1.165) is 33.2 Å². The van der Waals surface area contributed by atoms with Gasteiger partial charge in [-0.1, -0.05) is 0 Å². The second kappa shape index (κ2) is 14.3. The number of carbonyl (C=O) groups is 1. The largest absolute Gasteiger partial charge is 0.506 e. The fourth-order valence-corrected chi connectivity index (χ4v) is 6.33. The molecule has 0 aliphatic carbocycles. The number of halogens is 4. The zero-order valence-electron chi connectivity index (χ0n) is 20.7. The van der Waals surface area contributed by atoms with Gasteiger partial charge in [0, 0.05) is 20.1 Å². The zero-order chi connectivity index (χ0) is 26.3. The summed E-state index contributed by atoms with van der Waals surface area (Å²) in [6.07, 6.45) is 2.20. The molecule has 1 atom stereocenters. The maximum atomic E-state index is 13.2. The van der Waals surface area contributed by atoms with Crippen LogP contribution in [0.2, 0.25) is 0 Å². The first-order valence-electron chi connectivity index (χ1n) is 11.2. The Morgan fingerprint density at radius 1 is 0.886 bits per heavy atom. The molecule has 0 saturated carbocycles. The molecule has 2 aromatic rings. The van der Waals surface area contributed by atoms with Gasteiger partial charge < -0.3 is 19.6 Å². The van der Waals surface area contributed by atoms with Gasteiger partial charge in [0.25, 0.3) is 0 Å². The predicted octanol–water partition coefficient (Wildman–Crippen LogP) is 5.95. The molecule has 0 bridgehead atoms. The van der Waals surface area contributed by atoms with Crippen LogP contribution in [0.15, 0.2) is 42.2 Å². The predicted molar refractivity (Wildman–Crippen MR) is 157 cm³/mol. The van der Waals surface area contributed by atoms with Crippen LogP contribution in [0.5, 0.6) is 11.5 Å². The molecule has 1 unspecified atom stereocenters. The molecule has 1 amide bonds. The van der Waals surface area contributed by atoms with E-state index < -0.39 is 0 Å². The number of benzene rings is 2. The highest BCUT2D eigenvalue weighted by molar-refractivity contribution is 9.11. The number of carbonyl (C=O) groups excluding carboxylic acids is 1. The number of rotatable bonds is 12. The SMILES string of the molecule is CN(C)CCc1cc(Br)c(OCCCN(C)C(=O)C(Cc2cc(Br)c(O)c(Br)c2)N(C)C)c(Br)c1. The monoisotopic (exact) mass is 739 g/mol. The molecule has 194 valence electrons. The summed E-state index contributed by atoms with van der Waals surface area (Å²) in [4.78, 5) is 19.0. The van der Waals surface area contributed by atoms with E-state index in [1.165, 1.54) is 5.56 Å². The fraction of sp³-hybridized carbons (Fsp3) is 0.480. The van der Waals surface area contributed by atoms with Gasteiger partial charge in [0.2, 0.25) is 5.91 Å². The summed E-state index contributed by atoms with van der Waals surface area (Å²) in [5.74, 6) is 0.977. The average molecular weight is 743 g/mol. The third-order valence-corrected chi connectivity index (χ3v) is 7.97. The van der Waals surface area contributed by atoms with Crippen LogP contribution in [0, 0.1) is 0 Å². The van der Waals surface area contributed by atoms with Gasteiger partial charge in [-0.3, -0.25) is 9.69 Å². The molecule has 35 heavy (non-hydrogen) atoms. The van der Waals surface area contributed by atoms with Crippen molar-refractivity contribution < 1.29 is 14.6 Å². The summed E-state index contributed by atoms with van der Waals surface area (Å²) >= 11 is 14.0. The minimum atomic E-state index is -0.317. The first-order chi connectivity index (χ1) is 16.4. The zero-order valence-corrected chi connectivity index (χ0v) is 27.1. The molecular weight excluding hydrogens is 710 g/mol. The standard InChI is InChI=1S/C25H33Br4N3O3/c1-30(2)9-7-16-11-20(28)24(21(29)12-16)35-10-6-8-32(5)25(34)22(31(3)4)15-17-13-18(26)23(33)19(27)14-17/h11-14,22,33H,6-10,15H2,1-5H3. The molecule has 0 spiro atoms. The highest BCUT2D eigenvalue weighted by Crippen LogP contribution is 2.35. The normalized spacial score (nSPS) is 12.3. The van der Waals surface area contributed by atoms with Crippen LogP contribution in [0.3, 0.4) is 0 Å². The van der Waals surface area contributed by atoms with Gasteiger partial charge in [0.15, 0.2) is 0 Å². The van der Waals surface area contributed by atoms with Crippen LogP contribution in [-0.2, 0) is 17.6 Å². The highest BCUT2D eigenvalue weighted by Gasteiger charge is 2.25. The average Bonchev–Trinajstić information content (AvgIpc) is 2.77. The molecule has 0 heterocycles. The summed E-state index contributed by atoms with van der Waals surface area (Å²) in [5, 5.41) is 9.97. The Hall–Kier alpha value is -0.650. The molecule has 0 radical (unpaired) electrons. The second-order valence-electron chi connectivity index (χ2n) is 9.00. The second-order valence-corrected chi connectivity index (χ2v) is 12.4. The van der Waals surface area contributed by atoms with Crippen LogP contribution in [0.1, 0.15) is 17.5 Å². The molecule has 6 nitrogen and oxygen atoms in total. The van der Waals surface area contributed by atoms with E-state index in [1.54, 1.807) is 4.90 Å². The van der Waals surface area contributed by atoms with Crippen molar-refractivity contribution in [1.29, 1.82) is 0 Å². The number of hydrogen-bond donors (Lipinski definition) is 1. The van der Waals surface area contributed by atoms with E-state index in [-0.39, 0.29) is 17.7 Å². The number of phenols is 1. The lowest BCUT2D eigenvalue weighted by Crippen LogP contribution is -2.46. The van der Waals surface area contributed by atoms with Crippen LogP contribution in [0.25, 0.3) is 0 Å². The van der Waals surface area contributed by atoms with Gasteiger partial charge in [-0.05, 0) is 147 Å². The van der Waals surface area contributed by atoms with E-state index in [4.69, 9.17) is 4.74 Å². The van der Waals surface area contributed by atoms with Crippen molar-refractivity contribution in [3.05, 3.63) is 53.3 Å². The number of amides is 1. The lowest BCUT2D eigenvalue weighted by molar-refractivity contribution is -0.134. The quantitative estimate of drug-likeness (QED) is 0.273. The molecule has 0 saturated heterocycles. The third kappa shape index (κ3) is 9.31. The third-order valence-electron chi connectivity index (χ3n) is 5.58. The van der Waals surface area contributed by atoms with Gasteiger partial charge in [0.1, 0.15) is 11.5 Å². The first kappa shape index (κ1) is 30.6. The Balaban J connectivity index is 1.93. The molecule has 10 heteroatoms. The maximum absolute atomic E-state index is 13.2. The lowest BCUT2D eigenvalue weighted by atomic mass is 10.0. The molecule has 2 aromatic carbocycles. The van der Waals surface area contributed by atoms with Gasteiger partial charge >= 0.3 is 0 Å². The Kier molecular flexibility index (Phi) is 12.5. The molecule has 2 rings (SSSR count). The van der Waals surface area contributed by atoms with Crippen LogP contribution in [-0.4, -0.2) is 86.7 Å². The van der Waals surface area contributed by atoms with E-state index in [1.807, 2.05) is 38.2 Å². The van der Waals surface area contributed by atoms with Crippen LogP contribution >= 0.6 is 63.7 Å². The number of hydrogen-bond acceptors (Lipinski definition) is 5. The Labute approximate surface area is 242 Å². The summed E-state index contributed by atoms with van der Waals surface area (Å²) in [6, 6.07) is 7.57. The summed E-state index contributed by atoms with van der Waals surface area (Å²) in [5.41, 5.74) is 2.19. The van der Waals surface area contributed by atoms with Gasteiger partial charge in [-0.15, -0.1) is 0 Å². The van der Waals surface area contributed by atoms with E-state index in [9.17, 15) is 9.90 Å². The molecule has 0 aromatic heterocycles. The lowest BCUT2D eigenvalue weighted by Gasteiger charge is -2.28. The Bertz CT molecular complexity index is 971. The van der Waals surface area contributed by atoms with Crippen molar-refractivity contribution >= 4 is 69.6 Å². The number of nitrogens with zero attached hydrogens (tertiary/aromatic N) is 3. The van der Waals surface area contributed by atoms with E-state index >= 15 is 0 Å². The topological polar surface area (TPSA) is 56.3 Å². The molecule has 1 N–H and O–H groups in total. The van der Waals surface area contributed by atoms with Crippen molar-refractivity contribution in [1.82, 2.24) is 14.7 Å².